The molecular formula is C27H29IN4O4S. The number of thioether (sulfide) groups is 1. The number of nitrogens with one attached hydrogen (secondary N) is 1. The number of fused-ring (bicyclic) bond motifs is 1. The average Bonchev–Trinajstić information content (AvgIpc) is 3.28. The second-order valence-corrected chi connectivity index (χ2v) is 11.6. The Morgan fingerprint density at radius 2 is 1.84 bits per heavy atom. The van der Waals surface area contributed by atoms with Crippen molar-refractivity contribution in [1.29, 1.82) is 5.41 Å². The molecule has 2 aromatic carbocycles. The number of nitrogens with zero attached hydrogens (tertiary/aromatic N) is 3. The first kappa shape index (κ1) is 27.2. The molecule has 0 radical (unpaired) electrons. The number of benzene rings is 2. The molecule has 0 aromatic heterocycles. The molecule has 8 nitrogen and oxygen atoms in total. The van der Waals surface area contributed by atoms with E-state index in [0.717, 1.165) is 14.4 Å². The van der Waals surface area contributed by atoms with Crippen molar-refractivity contribution in [2.45, 2.75) is 39.5 Å². The zero-order chi connectivity index (χ0) is 26.7. The van der Waals surface area contributed by atoms with Crippen LogP contribution < -0.4 is 14.2 Å². The summed E-state index contributed by atoms with van der Waals surface area (Å²) in [5.74, 6) is 1.45. The van der Waals surface area contributed by atoms with Crippen molar-refractivity contribution in [3.05, 3.63) is 56.7 Å². The number of rotatable bonds is 8. The van der Waals surface area contributed by atoms with Gasteiger partial charge in [-0.1, -0.05) is 39.8 Å². The number of hydrogen-bond acceptors (Lipinski definition) is 7. The zero-order valence-corrected chi connectivity index (χ0v) is 24.4. The van der Waals surface area contributed by atoms with E-state index < -0.39 is 5.91 Å². The second kappa shape index (κ2) is 11.3. The van der Waals surface area contributed by atoms with Crippen LogP contribution in [0, 0.1) is 8.98 Å². The number of hydrazone groups is 1. The lowest BCUT2D eigenvalue weighted by molar-refractivity contribution is -0.114. The summed E-state index contributed by atoms with van der Waals surface area (Å²) in [6.07, 6.45) is 2.35. The van der Waals surface area contributed by atoms with Crippen molar-refractivity contribution in [3.63, 3.8) is 0 Å². The Labute approximate surface area is 234 Å². The molecule has 0 aliphatic carbocycles. The number of hydrogen-bond donors (Lipinski definition) is 1. The Hall–Kier alpha value is -2.86. The van der Waals surface area contributed by atoms with Gasteiger partial charge in [0.25, 0.3) is 5.91 Å². The van der Waals surface area contributed by atoms with Crippen LogP contribution in [0.2, 0.25) is 0 Å². The fourth-order valence-electron chi connectivity index (χ4n) is 3.66. The van der Waals surface area contributed by atoms with Crippen LogP contribution in [0.4, 0.5) is 0 Å². The van der Waals surface area contributed by atoms with Crippen molar-refractivity contribution in [2.75, 3.05) is 20.3 Å². The van der Waals surface area contributed by atoms with E-state index in [1.165, 1.54) is 22.3 Å². The molecule has 2 heterocycles. The monoisotopic (exact) mass is 632 g/mol. The molecule has 194 valence electrons. The van der Waals surface area contributed by atoms with Gasteiger partial charge in [-0.25, -0.2) is 0 Å². The number of halogens is 1. The lowest BCUT2D eigenvalue weighted by Gasteiger charge is -2.20. The Morgan fingerprint density at radius 1 is 1.14 bits per heavy atom. The highest BCUT2D eigenvalue weighted by molar-refractivity contribution is 14.1. The van der Waals surface area contributed by atoms with Crippen molar-refractivity contribution in [3.8, 4) is 17.2 Å². The lowest BCUT2D eigenvalue weighted by Crippen LogP contribution is -2.35. The first-order valence-corrected chi connectivity index (χ1v) is 13.7. The molecule has 2 aliphatic heterocycles. The largest absolute Gasteiger partial charge is 0.493 e. The summed E-state index contributed by atoms with van der Waals surface area (Å²) < 4.78 is 18.2. The maximum atomic E-state index is 12.7. The topological polar surface area (TPSA) is 96.6 Å². The Kier molecular flexibility index (Phi) is 8.27. The number of amides is 1. The lowest BCUT2D eigenvalue weighted by atomic mass is 9.87. The molecule has 1 N–H and O–H groups in total. The number of ether oxygens (including phenoxy) is 3. The number of carbonyl (C=O) groups is 1. The highest BCUT2D eigenvalue weighted by Crippen LogP contribution is 2.36. The SMILES string of the molecule is CCC1=NN2C(=N)/C(=C\c3cc(I)c(OCCOc4ccc(C(C)(C)C)cc4)c(OC)c3)C(=O)N=C2S1. The van der Waals surface area contributed by atoms with Gasteiger partial charge in [-0.15, -0.1) is 0 Å². The van der Waals surface area contributed by atoms with Crippen LogP contribution in [0.1, 0.15) is 45.2 Å². The molecule has 0 bridgehead atoms. The minimum atomic E-state index is -0.460. The third-order valence-corrected chi connectivity index (χ3v) is 7.53. The van der Waals surface area contributed by atoms with E-state index in [-0.39, 0.29) is 16.8 Å². The molecular weight excluding hydrogens is 603 g/mol. The predicted molar refractivity (Wildman–Crippen MR) is 157 cm³/mol. The van der Waals surface area contributed by atoms with Gasteiger partial charge in [-0.3, -0.25) is 10.2 Å². The van der Waals surface area contributed by atoms with Crippen molar-refractivity contribution in [2.24, 2.45) is 10.1 Å². The van der Waals surface area contributed by atoms with Crippen LogP contribution >= 0.6 is 34.4 Å². The van der Waals surface area contributed by atoms with Gasteiger partial charge in [0.15, 0.2) is 17.3 Å². The summed E-state index contributed by atoms with van der Waals surface area (Å²) >= 11 is 3.49. The van der Waals surface area contributed by atoms with Crippen LogP contribution in [-0.4, -0.2) is 47.3 Å². The maximum absolute atomic E-state index is 12.7. The second-order valence-electron chi connectivity index (χ2n) is 9.37. The van der Waals surface area contributed by atoms with Gasteiger partial charge in [-0.2, -0.15) is 15.1 Å². The van der Waals surface area contributed by atoms with Crippen LogP contribution in [-0.2, 0) is 10.2 Å². The Balaban J connectivity index is 1.44. The number of methoxy groups -OCH3 is 1. The van der Waals surface area contributed by atoms with Crippen LogP contribution in [0.5, 0.6) is 17.2 Å². The summed E-state index contributed by atoms with van der Waals surface area (Å²) in [4.78, 5) is 16.8. The molecule has 4 rings (SSSR count). The third-order valence-electron chi connectivity index (χ3n) is 5.68. The zero-order valence-electron chi connectivity index (χ0n) is 21.4. The van der Waals surface area contributed by atoms with Gasteiger partial charge in [0.2, 0.25) is 5.17 Å². The average molecular weight is 633 g/mol. The number of aliphatic imine (C=N–C) groups is 1. The van der Waals surface area contributed by atoms with Crippen LogP contribution in [0.15, 0.2) is 52.1 Å². The van der Waals surface area contributed by atoms with Crippen molar-refractivity contribution >= 4 is 62.4 Å². The van der Waals surface area contributed by atoms with E-state index in [0.29, 0.717) is 41.9 Å². The molecule has 0 fully saturated rings. The molecule has 2 aliphatic rings. The minimum absolute atomic E-state index is 0.00735. The van der Waals surface area contributed by atoms with Gasteiger partial charge < -0.3 is 14.2 Å². The summed E-state index contributed by atoms with van der Waals surface area (Å²) in [5.41, 5.74) is 2.21. The summed E-state index contributed by atoms with van der Waals surface area (Å²) in [6.45, 7) is 9.21. The van der Waals surface area contributed by atoms with Gasteiger partial charge in [-0.05, 0) is 87.7 Å². The van der Waals surface area contributed by atoms with Crippen LogP contribution in [0.3, 0.4) is 0 Å². The predicted octanol–water partition coefficient (Wildman–Crippen LogP) is 6.08. The fourth-order valence-corrected chi connectivity index (χ4v) is 5.26. The highest BCUT2D eigenvalue weighted by atomic mass is 127. The highest BCUT2D eigenvalue weighted by Gasteiger charge is 2.35. The van der Waals surface area contributed by atoms with Gasteiger partial charge in [0.1, 0.15) is 24.0 Å². The van der Waals surface area contributed by atoms with Crippen LogP contribution in [0.25, 0.3) is 6.08 Å². The molecule has 10 heteroatoms. The van der Waals surface area contributed by atoms with Gasteiger partial charge >= 0.3 is 0 Å². The molecule has 0 atom stereocenters. The molecule has 0 saturated heterocycles. The van der Waals surface area contributed by atoms with E-state index in [4.69, 9.17) is 19.6 Å². The molecule has 0 spiro atoms. The molecule has 37 heavy (non-hydrogen) atoms. The summed E-state index contributed by atoms with van der Waals surface area (Å²) in [7, 11) is 1.56. The normalized spacial score (nSPS) is 16.5. The summed E-state index contributed by atoms with van der Waals surface area (Å²) in [5, 5.41) is 15.5. The van der Waals surface area contributed by atoms with Gasteiger partial charge in [0.05, 0.1) is 16.3 Å². The first-order valence-electron chi connectivity index (χ1n) is 11.8. The minimum Gasteiger partial charge on any atom is -0.493 e. The first-order chi connectivity index (χ1) is 17.6. The number of amidine groups is 2. The molecule has 2 aromatic rings. The quantitative estimate of drug-likeness (QED) is 0.215. The van der Waals surface area contributed by atoms with E-state index in [2.05, 4.69) is 65.6 Å². The van der Waals surface area contributed by atoms with E-state index in [1.807, 2.05) is 25.1 Å². The molecule has 0 unspecified atom stereocenters. The molecule has 0 saturated carbocycles. The smallest absolute Gasteiger partial charge is 0.283 e. The number of carbonyl (C=O) groups excluding carboxylic acids is 1. The summed E-state index contributed by atoms with van der Waals surface area (Å²) in [6, 6.07) is 11.7. The third kappa shape index (κ3) is 6.18. The Bertz CT molecular complexity index is 1310. The standard InChI is InChI=1S/C27H29IN4O4S/c1-6-22-31-32-24(29)19(25(33)30-26(32)37-22)13-16-14-20(28)23(21(15-16)34-5)36-12-11-35-18-9-7-17(8-10-18)27(2,3)4/h7-10,13-15,29H,6,11-12H2,1-5H3/b19-13+,29-24?. The van der Waals surface area contributed by atoms with Gasteiger partial charge in [0, 0.05) is 0 Å². The maximum Gasteiger partial charge on any atom is 0.283 e. The van der Waals surface area contributed by atoms with E-state index >= 15 is 0 Å². The van der Waals surface area contributed by atoms with Crippen molar-refractivity contribution in [1.82, 2.24) is 5.01 Å². The van der Waals surface area contributed by atoms with E-state index in [9.17, 15) is 4.79 Å². The van der Waals surface area contributed by atoms with Crippen molar-refractivity contribution < 1.29 is 19.0 Å². The molecule has 1 amide bonds. The van der Waals surface area contributed by atoms with E-state index in [1.54, 1.807) is 19.3 Å². The fraction of sp³-hybridized carbons (Fsp3) is 0.333. The Morgan fingerprint density at radius 3 is 2.49 bits per heavy atom.